The van der Waals surface area contributed by atoms with Crippen LogP contribution in [0.5, 0.6) is 0 Å². The number of amides is 1. The lowest BCUT2D eigenvalue weighted by Gasteiger charge is -2.12. The summed E-state index contributed by atoms with van der Waals surface area (Å²) in [4.78, 5) is 13.7. The van der Waals surface area contributed by atoms with Gasteiger partial charge in [-0.2, -0.15) is 31.3 Å². The van der Waals surface area contributed by atoms with Gasteiger partial charge in [-0.05, 0) is 12.8 Å². The molecule has 0 saturated heterocycles. The van der Waals surface area contributed by atoms with E-state index in [9.17, 15) is 22.0 Å². The van der Waals surface area contributed by atoms with E-state index < -0.39 is 27.9 Å². The van der Waals surface area contributed by atoms with Crippen molar-refractivity contribution < 1.29 is 26.6 Å². The Morgan fingerprint density at radius 2 is 1.87 bits per heavy atom. The number of nitrogens with one attached hydrogen (secondary N) is 2. The Labute approximate surface area is 132 Å². The zero-order valence-corrected chi connectivity index (χ0v) is 13.4. The van der Waals surface area contributed by atoms with E-state index in [4.69, 9.17) is 0 Å². The van der Waals surface area contributed by atoms with E-state index in [0.29, 0.717) is 6.08 Å². The number of carbonyl (C=O) groups excluding carboxylic acids is 1. The number of anilines is 1. The van der Waals surface area contributed by atoms with Crippen LogP contribution in [0, 0.1) is 0 Å². The third kappa shape index (κ3) is 4.70. The standard InChI is InChI=1S/C13H16F2N4O3S/c1-18(2)10-3-7-19(8-4-10)12(20)16-23(21,22)17-13(5-6-13)9-11(14)15/h3-4,7-9,17H,5-6H2,1-2H3/p+1. The molecule has 1 fully saturated rings. The van der Waals surface area contributed by atoms with Gasteiger partial charge < -0.3 is 4.90 Å². The van der Waals surface area contributed by atoms with Gasteiger partial charge in [0.05, 0.1) is 5.54 Å². The summed E-state index contributed by atoms with van der Waals surface area (Å²) in [6.45, 7) is 0. The Hall–Kier alpha value is -2.07. The molecule has 2 N–H and O–H groups in total. The normalized spacial score (nSPS) is 15.7. The zero-order chi connectivity index (χ0) is 17.3. The molecule has 0 spiro atoms. The molecule has 7 nitrogen and oxygen atoms in total. The molecule has 0 bridgehead atoms. The highest BCUT2D eigenvalue weighted by molar-refractivity contribution is 7.88. The number of nitrogens with zero attached hydrogens (tertiary/aromatic N) is 2. The quantitative estimate of drug-likeness (QED) is 0.770. The van der Waals surface area contributed by atoms with E-state index in [1.54, 1.807) is 16.9 Å². The number of halogens is 2. The number of carbonyl (C=O) groups is 1. The molecule has 0 radical (unpaired) electrons. The molecule has 1 amide bonds. The summed E-state index contributed by atoms with van der Waals surface area (Å²) in [6.07, 6.45) is 1.89. The van der Waals surface area contributed by atoms with E-state index in [1.807, 2.05) is 19.0 Å². The largest absolute Gasteiger partial charge is 0.512 e. The Morgan fingerprint density at radius 3 is 2.30 bits per heavy atom. The summed E-state index contributed by atoms with van der Waals surface area (Å²) in [6, 6.07) is 2.34. The first-order valence-electron chi connectivity index (χ1n) is 6.71. The molecular weight excluding hydrogens is 330 g/mol. The fourth-order valence-corrected chi connectivity index (χ4v) is 3.12. The summed E-state index contributed by atoms with van der Waals surface area (Å²) >= 11 is 0. The van der Waals surface area contributed by atoms with Crippen molar-refractivity contribution in [2.45, 2.75) is 18.4 Å². The molecule has 10 heteroatoms. The SMILES string of the molecule is CN(C)c1cc[n+](C(=O)NS(=O)(=O)NC2(C=C(F)F)CC2)cc1. The second kappa shape index (κ2) is 6.20. The van der Waals surface area contributed by atoms with Crippen LogP contribution in [-0.2, 0) is 10.2 Å². The maximum atomic E-state index is 12.3. The number of pyridine rings is 1. The van der Waals surface area contributed by atoms with E-state index in [0.717, 1.165) is 10.3 Å². The lowest BCUT2D eigenvalue weighted by Crippen LogP contribution is -2.55. The topological polar surface area (TPSA) is 82.4 Å². The van der Waals surface area contributed by atoms with Gasteiger partial charge in [0, 0.05) is 38.0 Å². The van der Waals surface area contributed by atoms with Gasteiger partial charge in [0.25, 0.3) is 6.08 Å². The van der Waals surface area contributed by atoms with Gasteiger partial charge in [-0.1, -0.05) is 0 Å². The minimum absolute atomic E-state index is 0.254. The lowest BCUT2D eigenvalue weighted by atomic mass is 10.3. The molecule has 1 aromatic heterocycles. The van der Waals surface area contributed by atoms with Crippen LogP contribution in [0.15, 0.2) is 36.7 Å². The highest BCUT2D eigenvalue weighted by Gasteiger charge is 2.46. The summed E-state index contributed by atoms with van der Waals surface area (Å²) in [5.41, 5.74) is -0.472. The van der Waals surface area contributed by atoms with Crippen LogP contribution in [0.3, 0.4) is 0 Å². The summed E-state index contributed by atoms with van der Waals surface area (Å²) in [7, 11) is -0.615. The minimum atomic E-state index is -4.25. The molecule has 1 heterocycles. The molecule has 0 unspecified atom stereocenters. The van der Waals surface area contributed by atoms with Gasteiger partial charge in [0.1, 0.15) is 12.4 Å². The average molecular weight is 347 g/mol. The van der Waals surface area contributed by atoms with E-state index in [-0.39, 0.29) is 12.8 Å². The number of aromatic nitrogens is 1. The van der Waals surface area contributed by atoms with Crippen LogP contribution >= 0.6 is 0 Å². The van der Waals surface area contributed by atoms with Crippen molar-refractivity contribution in [3.05, 3.63) is 36.7 Å². The highest BCUT2D eigenvalue weighted by Crippen LogP contribution is 2.38. The Bertz CT molecular complexity index is 724. The third-order valence-electron chi connectivity index (χ3n) is 3.30. The Balaban J connectivity index is 2.05. The van der Waals surface area contributed by atoms with Crippen molar-refractivity contribution in [2.24, 2.45) is 0 Å². The van der Waals surface area contributed by atoms with Crippen molar-refractivity contribution in [1.29, 1.82) is 0 Å². The van der Waals surface area contributed by atoms with Crippen LogP contribution in [0.1, 0.15) is 12.8 Å². The summed E-state index contributed by atoms with van der Waals surface area (Å²) in [5.74, 6) is 0. The molecule has 0 aliphatic heterocycles. The smallest absolute Gasteiger partial charge is 0.377 e. The predicted octanol–water partition coefficient (Wildman–Crippen LogP) is 0.745. The molecule has 0 aromatic carbocycles. The Kier molecular flexibility index (Phi) is 4.66. The van der Waals surface area contributed by atoms with Crippen molar-refractivity contribution >= 4 is 21.9 Å². The van der Waals surface area contributed by atoms with Gasteiger partial charge >= 0.3 is 16.2 Å². The van der Waals surface area contributed by atoms with Gasteiger partial charge in [-0.25, -0.2) is 0 Å². The van der Waals surface area contributed by atoms with Crippen molar-refractivity contribution in [1.82, 2.24) is 9.44 Å². The van der Waals surface area contributed by atoms with Crippen LogP contribution in [0.2, 0.25) is 0 Å². The lowest BCUT2D eigenvalue weighted by molar-refractivity contribution is -0.570. The van der Waals surface area contributed by atoms with Gasteiger partial charge in [0.15, 0.2) is 0 Å². The van der Waals surface area contributed by atoms with Gasteiger partial charge in [-0.3, -0.25) is 0 Å². The molecule has 1 saturated carbocycles. The highest BCUT2D eigenvalue weighted by atomic mass is 32.2. The maximum absolute atomic E-state index is 12.3. The van der Waals surface area contributed by atoms with Crippen LogP contribution in [-0.4, -0.2) is 34.1 Å². The third-order valence-corrected chi connectivity index (χ3v) is 4.41. The fraction of sp³-hybridized carbons (Fsp3) is 0.385. The Morgan fingerprint density at radius 1 is 1.30 bits per heavy atom. The minimum Gasteiger partial charge on any atom is -0.377 e. The van der Waals surface area contributed by atoms with Gasteiger partial charge in [0.2, 0.25) is 0 Å². The molecular formula is C13H17F2N4O3S+. The number of hydrogen-bond acceptors (Lipinski definition) is 4. The number of hydrogen-bond donors (Lipinski definition) is 2. The molecule has 0 atom stereocenters. The molecule has 126 valence electrons. The second-order valence-corrected chi connectivity index (χ2v) is 6.88. The van der Waals surface area contributed by atoms with Crippen molar-refractivity contribution in [3.8, 4) is 0 Å². The van der Waals surface area contributed by atoms with E-state index >= 15 is 0 Å². The summed E-state index contributed by atoms with van der Waals surface area (Å²) in [5, 5.41) is 0. The van der Waals surface area contributed by atoms with Crippen molar-refractivity contribution in [2.75, 3.05) is 19.0 Å². The maximum Gasteiger partial charge on any atom is 0.512 e. The molecule has 23 heavy (non-hydrogen) atoms. The zero-order valence-electron chi connectivity index (χ0n) is 12.6. The first-order valence-corrected chi connectivity index (χ1v) is 8.19. The first-order chi connectivity index (χ1) is 10.6. The predicted molar refractivity (Wildman–Crippen MR) is 79.2 cm³/mol. The van der Waals surface area contributed by atoms with Crippen molar-refractivity contribution in [3.63, 3.8) is 0 Å². The first kappa shape index (κ1) is 17.3. The van der Waals surface area contributed by atoms with Gasteiger partial charge in [-0.15, -0.1) is 4.72 Å². The second-order valence-electron chi connectivity index (χ2n) is 5.46. The number of rotatable bonds is 5. The van der Waals surface area contributed by atoms with E-state index in [2.05, 4.69) is 4.72 Å². The average Bonchev–Trinajstić information content (AvgIpc) is 3.15. The molecule has 1 aromatic rings. The summed E-state index contributed by atoms with van der Waals surface area (Å²) < 4.78 is 53.3. The monoisotopic (exact) mass is 347 g/mol. The molecule has 2 rings (SSSR count). The fourth-order valence-electron chi connectivity index (χ4n) is 1.93. The van der Waals surface area contributed by atoms with Crippen LogP contribution in [0.25, 0.3) is 0 Å². The van der Waals surface area contributed by atoms with E-state index in [1.165, 1.54) is 12.4 Å². The molecule has 1 aliphatic rings. The van der Waals surface area contributed by atoms with Crippen LogP contribution < -0.4 is 18.9 Å². The van der Waals surface area contributed by atoms with Crippen LogP contribution in [0.4, 0.5) is 19.3 Å². The molecule has 1 aliphatic carbocycles.